The first-order valence-electron chi connectivity index (χ1n) is 29.6. The number of amides is 4. The Labute approximate surface area is 518 Å². The van der Waals surface area contributed by atoms with Crippen molar-refractivity contribution >= 4 is 75.2 Å². The summed E-state index contributed by atoms with van der Waals surface area (Å²) < 4.78 is 41.6. The molecule has 0 aliphatic heterocycles. The topological polar surface area (TPSA) is 191 Å². The molecule has 2 aromatic heterocycles. The molecule has 2 aliphatic carbocycles. The van der Waals surface area contributed by atoms with E-state index in [0.717, 1.165) is 76.9 Å². The fraction of sp³-hybridized carbons (Fsp3) is 0.268. The first-order valence-corrected chi connectivity index (χ1v) is 31.5. The predicted octanol–water partition coefficient (Wildman–Crippen LogP) is 16.2. The van der Waals surface area contributed by atoms with Crippen LogP contribution in [0.4, 0.5) is 24.5 Å². The summed E-state index contributed by atoms with van der Waals surface area (Å²) in [7, 11) is 0. The third kappa shape index (κ3) is 18.1. The number of hydrogen-bond donors (Lipinski definition) is 6. The molecule has 0 spiro atoms. The van der Waals surface area contributed by atoms with Crippen molar-refractivity contribution in [2.24, 2.45) is 0 Å². The maximum absolute atomic E-state index is 13.9. The summed E-state index contributed by atoms with van der Waals surface area (Å²) in [5.74, 6) is -3.95. The molecule has 0 saturated heterocycles. The van der Waals surface area contributed by atoms with Gasteiger partial charge in [-0.25, -0.2) is 0 Å². The number of hydrogen-bond acceptors (Lipinski definition) is 8. The highest BCUT2D eigenvalue weighted by molar-refractivity contribution is 7.08. The molecule has 6 aromatic carbocycles. The number of carboxylic acids is 2. The van der Waals surface area contributed by atoms with E-state index >= 15 is 0 Å². The Kier molecular flexibility index (Phi) is 22.1. The summed E-state index contributed by atoms with van der Waals surface area (Å²) >= 11 is 3.01. The maximum atomic E-state index is 13.9. The van der Waals surface area contributed by atoms with Crippen LogP contribution in [0.1, 0.15) is 148 Å². The molecule has 6 N–H and O–H groups in total. The van der Waals surface area contributed by atoms with Gasteiger partial charge in [-0.15, -0.1) is 0 Å². The van der Waals surface area contributed by atoms with E-state index in [9.17, 15) is 41.9 Å². The number of thiophene rings is 2. The lowest BCUT2D eigenvalue weighted by Gasteiger charge is -2.23. The van der Waals surface area contributed by atoms with Gasteiger partial charge in [0.1, 0.15) is 0 Å². The second-order valence-corrected chi connectivity index (χ2v) is 23.7. The normalized spacial score (nSPS) is 14.0. The smallest absolute Gasteiger partial charge is 0.416 e. The van der Waals surface area contributed by atoms with E-state index in [0.29, 0.717) is 34.6 Å². The van der Waals surface area contributed by atoms with Gasteiger partial charge in [0.25, 0.3) is 11.8 Å². The van der Waals surface area contributed by atoms with Crippen molar-refractivity contribution in [1.29, 1.82) is 0 Å². The maximum Gasteiger partial charge on any atom is 0.416 e. The largest absolute Gasteiger partial charge is 0.481 e. The van der Waals surface area contributed by atoms with Crippen molar-refractivity contribution in [3.05, 3.63) is 229 Å². The van der Waals surface area contributed by atoms with E-state index in [-0.39, 0.29) is 49.9 Å². The van der Waals surface area contributed by atoms with Crippen LogP contribution in [0.3, 0.4) is 0 Å². The summed E-state index contributed by atoms with van der Waals surface area (Å²) in [6.45, 7) is 0.0668. The molecule has 0 bridgehead atoms. The van der Waals surface area contributed by atoms with Gasteiger partial charge < -0.3 is 31.5 Å². The second kappa shape index (κ2) is 30.6. The number of benzene rings is 6. The Hall–Kier alpha value is -8.93. The molecule has 8 aromatic rings. The molecule has 12 nitrogen and oxygen atoms in total. The van der Waals surface area contributed by atoms with E-state index in [1.807, 2.05) is 53.9 Å². The molecule has 2 atom stereocenters. The van der Waals surface area contributed by atoms with Gasteiger partial charge >= 0.3 is 18.1 Å². The van der Waals surface area contributed by atoms with E-state index in [1.165, 1.54) is 60.1 Å². The van der Waals surface area contributed by atoms with E-state index in [1.54, 1.807) is 70.6 Å². The molecule has 10 rings (SSSR count). The van der Waals surface area contributed by atoms with E-state index in [2.05, 4.69) is 75.2 Å². The van der Waals surface area contributed by atoms with Gasteiger partial charge in [0.15, 0.2) is 0 Å². The molecule has 1 fully saturated rings. The SMILES string of the molecule is O=C(O)CCNC(=O)c1ccc(CC(C(=O)Nc2cc(-c3ccsc3)cc(C(F)(F)F)c2)c2ccc(C3CCCCC3)cc2)cc1.O=C(O)CCNC(=O)c1ccc(CC(C(=O)Nc2cccc(-c3ccsc3)c2)c2ccc(C3=CCCCC3)cc2)cc1. The van der Waals surface area contributed by atoms with Crippen LogP contribution in [0.15, 0.2) is 179 Å². The van der Waals surface area contributed by atoms with Gasteiger partial charge in [-0.2, -0.15) is 35.8 Å². The average Bonchev–Trinajstić information content (AvgIpc) is 4.26. The Morgan fingerprint density at radius 1 is 0.523 bits per heavy atom. The van der Waals surface area contributed by atoms with Crippen molar-refractivity contribution in [2.45, 2.75) is 107 Å². The van der Waals surface area contributed by atoms with Crippen molar-refractivity contribution in [3.63, 3.8) is 0 Å². The molecule has 2 unspecified atom stereocenters. The van der Waals surface area contributed by atoms with Crippen LogP contribution in [-0.2, 0) is 38.2 Å². The zero-order valence-electron chi connectivity index (χ0n) is 48.5. The lowest BCUT2D eigenvalue weighted by Crippen LogP contribution is -2.26. The van der Waals surface area contributed by atoms with Crippen LogP contribution in [0.5, 0.6) is 0 Å². The van der Waals surface area contributed by atoms with E-state index < -0.39 is 47.3 Å². The van der Waals surface area contributed by atoms with Crippen molar-refractivity contribution in [2.75, 3.05) is 23.7 Å². The molecular weight excluding hydrogens is 1160 g/mol. The van der Waals surface area contributed by atoms with Gasteiger partial charge in [-0.05, 0) is 207 Å². The minimum atomic E-state index is -4.60. The predicted molar refractivity (Wildman–Crippen MR) is 342 cm³/mol. The number of anilines is 2. The third-order valence-corrected chi connectivity index (χ3v) is 17.3. The van der Waals surface area contributed by atoms with Crippen LogP contribution in [0.2, 0.25) is 0 Å². The zero-order valence-corrected chi connectivity index (χ0v) is 50.1. The highest BCUT2D eigenvalue weighted by atomic mass is 32.1. The fourth-order valence-corrected chi connectivity index (χ4v) is 12.5. The highest BCUT2D eigenvalue weighted by Crippen LogP contribution is 2.38. The number of aliphatic carboxylic acids is 2. The van der Waals surface area contributed by atoms with Crippen molar-refractivity contribution in [3.8, 4) is 22.3 Å². The average molecular weight is 1230 g/mol. The van der Waals surface area contributed by atoms with Gasteiger partial charge in [-0.3, -0.25) is 28.8 Å². The number of carboxylic acid groups (broad SMARTS) is 2. The van der Waals surface area contributed by atoms with Crippen LogP contribution in [0.25, 0.3) is 27.8 Å². The Bertz CT molecular complexity index is 3690. The number of rotatable bonds is 22. The first-order chi connectivity index (χ1) is 42.5. The zero-order chi connectivity index (χ0) is 62.0. The minimum absolute atomic E-state index is 0.00131. The molecule has 0 radical (unpaired) electrons. The summed E-state index contributed by atoms with van der Waals surface area (Å²) in [4.78, 5) is 74.0. The van der Waals surface area contributed by atoms with Gasteiger partial charge in [0.05, 0.1) is 30.2 Å². The number of carbonyl (C=O) groups is 6. The quantitative estimate of drug-likeness (QED) is 0.0386. The van der Waals surface area contributed by atoms with Crippen LogP contribution >= 0.6 is 22.7 Å². The lowest BCUT2D eigenvalue weighted by molar-refractivity contribution is -0.138. The number of alkyl halides is 3. The Morgan fingerprint density at radius 2 is 1.05 bits per heavy atom. The van der Waals surface area contributed by atoms with E-state index in [4.69, 9.17) is 10.2 Å². The summed E-state index contributed by atoms with van der Waals surface area (Å²) in [6.07, 6.45) is 8.61. The van der Waals surface area contributed by atoms with Gasteiger partial charge in [-0.1, -0.05) is 110 Å². The molecule has 4 amide bonds. The van der Waals surface area contributed by atoms with Gasteiger partial charge in [0, 0.05) is 35.6 Å². The monoisotopic (exact) mass is 1230 g/mol. The molecule has 2 heterocycles. The minimum Gasteiger partial charge on any atom is -0.481 e. The number of halogens is 3. The fourth-order valence-electron chi connectivity index (χ4n) is 11.1. The summed E-state index contributed by atoms with van der Waals surface area (Å²) in [5, 5.41) is 36.4. The number of carbonyl (C=O) groups excluding carboxylic acids is 4. The Balaban J connectivity index is 0.000000210. The molecule has 88 heavy (non-hydrogen) atoms. The molecule has 17 heteroatoms. The number of nitrogens with one attached hydrogen (secondary N) is 4. The molecular formula is C71H69F3N4O8S2. The standard InChI is InChI=1S/C36H35F3N2O4S.C35H34N2O4S/c37-36(38,39)30-19-29(28-15-17-46-22-28)20-31(21-30)41-35(45)32(26-12-10-25(11-13-26)24-4-2-1-3-5-24)18-23-6-8-27(9-7-23)34(44)40-16-14-33(42)43;38-33(39)17-19-36-34(40)28-11-9-24(10-12-28)21-32(27-15-13-26(14-16-27)25-5-2-1-3-6-25)35(41)37-31-8-4-7-29(22-31)30-18-20-42-23-30/h6-13,15,17,19-22,24,32H,1-5,14,16,18H2,(H,40,44)(H,41,45)(H,42,43);4-5,7-16,18,20,22-23,32H,1-3,6,17,19,21H2,(H,36,40)(H,37,41)(H,38,39). The van der Waals surface area contributed by atoms with Crippen molar-refractivity contribution < 1.29 is 52.2 Å². The summed E-state index contributed by atoms with van der Waals surface area (Å²) in [6, 6.07) is 45.4. The molecule has 454 valence electrons. The first kappa shape index (κ1) is 63.6. The molecule has 2 aliphatic rings. The van der Waals surface area contributed by atoms with Gasteiger partial charge in [0.2, 0.25) is 11.8 Å². The number of allylic oxidation sites excluding steroid dienone is 2. The molecule has 1 saturated carbocycles. The summed E-state index contributed by atoms with van der Waals surface area (Å²) in [5.41, 5.74) is 11.0. The Morgan fingerprint density at radius 3 is 1.55 bits per heavy atom. The second-order valence-electron chi connectivity index (χ2n) is 22.2. The van der Waals surface area contributed by atoms with Crippen LogP contribution in [-0.4, -0.2) is 58.9 Å². The van der Waals surface area contributed by atoms with Crippen LogP contribution in [0, 0.1) is 0 Å². The third-order valence-electron chi connectivity index (χ3n) is 16.0. The van der Waals surface area contributed by atoms with Crippen LogP contribution < -0.4 is 21.3 Å². The van der Waals surface area contributed by atoms with Crippen molar-refractivity contribution in [1.82, 2.24) is 10.6 Å². The lowest BCUT2D eigenvalue weighted by atomic mass is 9.83. The highest BCUT2D eigenvalue weighted by Gasteiger charge is 2.32.